The molecule has 0 aliphatic rings. The van der Waals surface area contributed by atoms with Crippen LogP contribution in [0.1, 0.15) is 48.8 Å². The molecule has 1 aromatic heterocycles. The molecule has 1 heterocycles. The number of alkyl halides is 3. The Hall–Kier alpha value is -6.51. The maximum Gasteiger partial charge on any atom is 0.416 e. The fraction of sp³-hybridized carbons (Fsp3) is 0.211. The Labute approximate surface area is 301 Å². The predicted octanol–water partition coefficient (Wildman–Crippen LogP) is 6.25. The van der Waals surface area contributed by atoms with E-state index in [4.69, 9.17) is 9.26 Å². The van der Waals surface area contributed by atoms with Crippen molar-refractivity contribution in [2.45, 2.75) is 32.6 Å². The van der Waals surface area contributed by atoms with Crippen molar-refractivity contribution < 1.29 is 46.7 Å². The van der Waals surface area contributed by atoms with E-state index in [-0.39, 0.29) is 40.8 Å². The van der Waals surface area contributed by atoms with Gasteiger partial charge in [0.15, 0.2) is 0 Å². The first-order valence-electron chi connectivity index (χ1n) is 16.1. The molecular weight excluding hydrogens is 695 g/mol. The molecule has 0 aliphatic carbocycles. The summed E-state index contributed by atoms with van der Waals surface area (Å²) in [5, 5.41) is 15.9. The van der Waals surface area contributed by atoms with Crippen LogP contribution < -0.4 is 10.1 Å². The molecular formula is C38H34F3N5O7. The van der Waals surface area contributed by atoms with Crippen LogP contribution in [0.15, 0.2) is 95.5 Å². The number of carboxylic acid groups (broad SMARTS) is 1. The second-order valence-electron chi connectivity index (χ2n) is 12.1. The van der Waals surface area contributed by atoms with E-state index in [0.717, 1.165) is 22.1 Å². The van der Waals surface area contributed by atoms with Gasteiger partial charge in [0.25, 0.3) is 23.5 Å². The molecule has 0 spiro atoms. The fourth-order valence-electron chi connectivity index (χ4n) is 5.33. The first kappa shape index (κ1) is 37.7. The zero-order chi connectivity index (χ0) is 38.3. The summed E-state index contributed by atoms with van der Waals surface area (Å²) in [5.41, 5.74) is 2.23. The molecule has 12 nitrogen and oxygen atoms in total. The number of amides is 3. The average molecular weight is 730 g/mol. The number of aliphatic carboxylic acids is 1. The second kappa shape index (κ2) is 16.2. The van der Waals surface area contributed by atoms with E-state index in [9.17, 15) is 37.5 Å². The van der Waals surface area contributed by atoms with E-state index >= 15 is 0 Å². The molecule has 0 saturated carbocycles. The number of hydrogen-bond acceptors (Lipinski definition) is 8. The Balaban J connectivity index is 1.21. The zero-order valence-corrected chi connectivity index (χ0v) is 28.8. The quantitative estimate of drug-likeness (QED) is 0.143. The number of nitrogens with one attached hydrogen (secondary N) is 1. The van der Waals surface area contributed by atoms with E-state index in [1.165, 1.54) is 48.4 Å². The normalized spacial score (nSPS) is 11.1. The van der Waals surface area contributed by atoms with Gasteiger partial charge >= 0.3 is 12.1 Å². The second-order valence-corrected chi connectivity index (χ2v) is 12.1. The van der Waals surface area contributed by atoms with Gasteiger partial charge in [0.2, 0.25) is 5.91 Å². The summed E-state index contributed by atoms with van der Waals surface area (Å²) >= 11 is 0. The minimum absolute atomic E-state index is 0.000814. The van der Waals surface area contributed by atoms with Gasteiger partial charge in [-0.3, -0.25) is 19.2 Å². The van der Waals surface area contributed by atoms with Crippen molar-refractivity contribution in [1.29, 1.82) is 0 Å². The molecule has 0 unspecified atom stereocenters. The van der Waals surface area contributed by atoms with Crippen molar-refractivity contribution in [3.05, 3.63) is 130 Å². The van der Waals surface area contributed by atoms with Gasteiger partial charge in [-0.15, -0.1) is 0 Å². The first-order chi connectivity index (χ1) is 25.2. The first-order valence-corrected chi connectivity index (χ1v) is 16.1. The van der Waals surface area contributed by atoms with Crippen LogP contribution in [-0.2, 0) is 35.3 Å². The SMILES string of the molecule is COc1ccc(CC(=O)Nc2ccc(C(=O)N(CC(=O)O)Cc3ccc(-c4nc(C(=O)N(C)Cc5ccc(C)cc5)no4)cc3)cc2)c(C(F)(F)F)c1. The zero-order valence-electron chi connectivity index (χ0n) is 28.8. The number of rotatable bonds is 13. The molecule has 274 valence electrons. The molecule has 5 aromatic rings. The summed E-state index contributed by atoms with van der Waals surface area (Å²) < 4.78 is 50.9. The number of anilines is 1. The summed E-state index contributed by atoms with van der Waals surface area (Å²) in [5.74, 6) is -3.02. The molecule has 15 heteroatoms. The molecule has 0 atom stereocenters. The van der Waals surface area contributed by atoms with Crippen LogP contribution in [0, 0.1) is 6.92 Å². The number of methoxy groups -OCH3 is 1. The van der Waals surface area contributed by atoms with Crippen molar-refractivity contribution in [3.8, 4) is 17.2 Å². The number of aryl methyl sites for hydroxylation is 1. The third-order valence-corrected chi connectivity index (χ3v) is 8.08. The van der Waals surface area contributed by atoms with Gasteiger partial charge in [-0.25, -0.2) is 0 Å². The van der Waals surface area contributed by atoms with Crippen molar-refractivity contribution in [1.82, 2.24) is 19.9 Å². The van der Waals surface area contributed by atoms with E-state index < -0.39 is 48.4 Å². The van der Waals surface area contributed by atoms with Crippen LogP contribution in [0.4, 0.5) is 18.9 Å². The molecule has 5 rings (SSSR count). The fourth-order valence-corrected chi connectivity index (χ4v) is 5.33. The lowest BCUT2D eigenvalue weighted by Crippen LogP contribution is -2.35. The van der Waals surface area contributed by atoms with Crippen LogP contribution >= 0.6 is 0 Å². The molecule has 2 N–H and O–H groups in total. The highest BCUT2D eigenvalue weighted by molar-refractivity contribution is 5.97. The third kappa shape index (κ3) is 9.84. The Morgan fingerprint density at radius 3 is 2.13 bits per heavy atom. The number of nitrogens with zero attached hydrogens (tertiary/aromatic N) is 4. The van der Waals surface area contributed by atoms with Gasteiger partial charge in [-0.05, 0) is 72.1 Å². The Morgan fingerprint density at radius 1 is 0.868 bits per heavy atom. The van der Waals surface area contributed by atoms with Crippen LogP contribution in [0.3, 0.4) is 0 Å². The number of carbonyl (C=O) groups is 4. The molecule has 4 aromatic carbocycles. The predicted molar refractivity (Wildman–Crippen MR) is 186 cm³/mol. The van der Waals surface area contributed by atoms with E-state index in [2.05, 4.69) is 15.5 Å². The van der Waals surface area contributed by atoms with Gasteiger partial charge in [0, 0.05) is 37.0 Å². The Kier molecular flexibility index (Phi) is 11.6. The lowest BCUT2D eigenvalue weighted by Gasteiger charge is -2.21. The minimum atomic E-state index is -4.70. The van der Waals surface area contributed by atoms with E-state index in [1.54, 1.807) is 31.3 Å². The van der Waals surface area contributed by atoms with Crippen LogP contribution in [0.5, 0.6) is 5.75 Å². The number of aromatic nitrogens is 2. The van der Waals surface area contributed by atoms with E-state index in [1.807, 2.05) is 31.2 Å². The van der Waals surface area contributed by atoms with Gasteiger partial charge in [-0.1, -0.05) is 53.2 Å². The lowest BCUT2D eigenvalue weighted by atomic mass is 10.0. The number of halogens is 3. The summed E-state index contributed by atoms with van der Waals surface area (Å²) in [7, 11) is 2.87. The Morgan fingerprint density at radius 2 is 1.51 bits per heavy atom. The molecule has 0 fully saturated rings. The van der Waals surface area contributed by atoms with Crippen LogP contribution in [0.2, 0.25) is 0 Å². The molecule has 53 heavy (non-hydrogen) atoms. The van der Waals surface area contributed by atoms with Gasteiger partial charge in [0.1, 0.15) is 12.3 Å². The number of carboxylic acids is 1. The van der Waals surface area contributed by atoms with Crippen molar-refractivity contribution in [2.75, 3.05) is 26.0 Å². The average Bonchev–Trinajstić information content (AvgIpc) is 3.62. The summed E-state index contributed by atoms with van der Waals surface area (Å²) in [6.45, 7) is 1.63. The highest BCUT2D eigenvalue weighted by Crippen LogP contribution is 2.35. The number of benzene rings is 4. The number of hydrogen-bond donors (Lipinski definition) is 2. The van der Waals surface area contributed by atoms with Crippen molar-refractivity contribution >= 4 is 29.4 Å². The summed E-state index contributed by atoms with van der Waals surface area (Å²) in [4.78, 5) is 57.4. The summed E-state index contributed by atoms with van der Waals surface area (Å²) in [6, 6.07) is 23.2. The van der Waals surface area contributed by atoms with Gasteiger partial charge in [0.05, 0.1) is 19.1 Å². The van der Waals surface area contributed by atoms with Crippen molar-refractivity contribution in [2.24, 2.45) is 0 Å². The molecule has 0 bridgehead atoms. The maximum absolute atomic E-state index is 13.6. The molecule has 0 aliphatic heterocycles. The largest absolute Gasteiger partial charge is 0.497 e. The van der Waals surface area contributed by atoms with Gasteiger partial charge < -0.3 is 29.5 Å². The number of carbonyl (C=O) groups excluding carboxylic acids is 3. The van der Waals surface area contributed by atoms with Gasteiger partial charge in [-0.2, -0.15) is 18.2 Å². The standard InChI is InChI=1S/C38H34F3N5O7/c1-23-4-6-24(7-5-23)20-45(2)37(51)34-43-35(53-44-34)26-10-8-25(9-11-26)21-46(22-33(48)49)36(50)27-12-15-29(16-13-27)42-32(47)18-28-14-17-30(52-3)19-31(28)38(39,40)41/h4-17,19H,18,20-22H2,1-3H3,(H,42,47)(H,48,49). The number of ether oxygens (including phenoxy) is 1. The highest BCUT2D eigenvalue weighted by atomic mass is 19.4. The van der Waals surface area contributed by atoms with E-state index in [0.29, 0.717) is 17.7 Å². The smallest absolute Gasteiger partial charge is 0.416 e. The molecule has 0 radical (unpaired) electrons. The van der Waals surface area contributed by atoms with Crippen LogP contribution in [-0.4, -0.2) is 69.4 Å². The maximum atomic E-state index is 13.6. The Bertz CT molecular complexity index is 2100. The van der Waals surface area contributed by atoms with Crippen LogP contribution in [0.25, 0.3) is 11.5 Å². The van der Waals surface area contributed by atoms with Crippen molar-refractivity contribution in [3.63, 3.8) is 0 Å². The highest BCUT2D eigenvalue weighted by Gasteiger charge is 2.34. The lowest BCUT2D eigenvalue weighted by molar-refractivity contribution is -0.139. The topological polar surface area (TPSA) is 155 Å². The monoisotopic (exact) mass is 729 g/mol. The third-order valence-electron chi connectivity index (χ3n) is 8.08. The summed E-state index contributed by atoms with van der Waals surface area (Å²) in [6.07, 6.45) is -5.27. The molecule has 3 amide bonds. The minimum Gasteiger partial charge on any atom is -0.497 e. The molecule has 0 saturated heterocycles.